The number of nitrogens with zero attached hydrogens (tertiary/aromatic N) is 1. The quantitative estimate of drug-likeness (QED) is 0.836. The van der Waals surface area contributed by atoms with Crippen molar-refractivity contribution in [2.24, 2.45) is 0 Å². The maximum atomic E-state index is 13.9. The Morgan fingerprint density at radius 2 is 1.94 bits per heavy atom. The van der Waals surface area contributed by atoms with Crippen LogP contribution in [0.3, 0.4) is 0 Å². The molecule has 0 radical (unpaired) electrons. The van der Waals surface area contributed by atoms with Gasteiger partial charge < -0.3 is 5.32 Å². The summed E-state index contributed by atoms with van der Waals surface area (Å²) in [5.41, 5.74) is 0.501. The van der Waals surface area contributed by atoms with Crippen molar-refractivity contribution in [3.8, 4) is 0 Å². The zero-order valence-electron chi connectivity index (χ0n) is 9.64. The van der Waals surface area contributed by atoms with Crippen molar-refractivity contribution in [2.75, 3.05) is 26.2 Å². The molecule has 94 valence electrons. The average molecular weight is 277 g/mol. The summed E-state index contributed by atoms with van der Waals surface area (Å²) >= 11 is 12.0. The highest BCUT2D eigenvalue weighted by atomic mass is 35.5. The molecule has 0 aromatic heterocycles. The van der Waals surface area contributed by atoms with Gasteiger partial charge in [0.05, 0.1) is 10.0 Å². The van der Waals surface area contributed by atoms with Gasteiger partial charge in [0.15, 0.2) is 0 Å². The van der Waals surface area contributed by atoms with Gasteiger partial charge in [-0.1, -0.05) is 23.2 Å². The third kappa shape index (κ3) is 2.74. The predicted octanol–water partition coefficient (Wildman–Crippen LogP) is 3.10. The molecular weight excluding hydrogens is 262 g/mol. The van der Waals surface area contributed by atoms with E-state index in [1.807, 2.05) is 6.92 Å². The minimum absolute atomic E-state index is 0.0525. The Labute approximate surface area is 111 Å². The summed E-state index contributed by atoms with van der Waals surface area (Å²) in [5, 5.41) is 4.01. The van der Waals surface area contributed by atoms with Gasteiger partial charge in [-0.2, -0.15) is 0 Å². The summed E-state index contributed by atoms with van der Waals surface area (Å²) in [7, 11) is 0. The molecule has 1 N–H and O–H groups in total. The van der Waals surface area contributed by atoms with Gasteiger partial charge in [0.2, 0.25) is 0 Å². The van der Waals surface area contributed by atoms with E-state index in [2.05, 4.69) is 10.2 Å². The smallest absolute Gasteiger partial charge is 0.129 e. The van der Waals surface area contributed by atoms with Gasteiger partial charge in [0.1, 0.15) is 5.82 Å². The zero-order valence-corrected chi connectivity index (χ0v) is 11.2. The van der Waals surface area contributed by atoms with Crippen LogP contribution < -0.4 is 5.32 Å². The van der Waals surface area contributed by atoms with Crippen LogP contribution in [-0.2, 0) is 0 Å². The van der Waals surface area contributed by atoms with Crippen LogP contribution in [0.4, 0.5) is 4.39 Å². The maximum Gasteiger partial charge on any atom is 0.129 e. The number of halogens is 3. The minimum atomic E-state index is -0.287. The van der Waals surface area contributed by atoms with E-state index in [0.717, 1.165) is 26.2 Å². The molecule has 1 heterocycles. The molecule has 2 nitrogen and oxygen atoms in total. The molecule has 1 saturated heterocycles. The fourth-order valence-electron chi connectivity index (χ4n) is 2.18. The van der Waals surface area contributed by atoms with Gasteiger partial charge in [0, 0.05) is 37.8 Å². The van der Waals surface area contributed by atoms with Gasteiger partial charge in [-0.25, -0.2) is 4.39 Å². The number of piperazine rings is 1. The van der Waals surface area contributed by atoms with Crippen LogP contribution in [0.15, 0.2) is 12.1 Å². The first-order chi connectivity index (χ1) is 8.11. The van der Waals surface area contributed by atoms with E-state index in [9.17, 15) is 4.39 Å². The molecule has 2 rings (SSSR count). The molecule has 0 bridgehead atoms. The van der Waals surface area contributed by atoms with Gasteiger partial charge in [-0.05, 0) is 19.1 Å². The Bertz CT molecular complexity index is 406. The number of hydrogen-bond acceptors (Lipinski definition) is 2. The Morgan fingerprint density at radius 1 is 1.29 bits per heavy atom. The van der Waals surface area contributed by atoms with E-state index in [4.69, 9.17) is 23.2 Å². The lowest BCUT2D eigenvalue weighted by Gasteiger charge is -2.33. The van der Waals surface area contributed by atoms with E-state index in [0.29, 0.717) is 15.6 Å². The largest absolute Gasteiger partial charge is 0.314 e. The van der Waals surface area contributed by atoms with Crippen LogP contribution in [0.1, 0.15) is 18.5 Å². The van der Waals surface area contributed by atoms with E-state index < -0.39 is 0 Å². The number of hydrogen-bond donors (Lipinski definition) is 1. The number of rotatable bonds is 2. The van der Waals surface area contributed by atoms with Crippen molar-refractivity contribution in [2.45, 2.75) is 13.0 Å². The molecule has 1 aromatic carbocycles. The molecule has 1 aliphatic rings. The van der Waals surface area contributed by atoms with Crippen molar-refractivity contribution >= 4 is 23.2 Å². The Balaban J connectivity index is 2.29. The molecule has 1 fully saturated rings. The SMILES string of the molecule is C[C@H](c1c(F)ccc(Cl)c1Cl)N1CCNCC1. The highest BCUT2D eigenvalue weighted by Crippen LogP contribution is 2.34. The lowest BCUT2D eigenvalue weighted by Crippen LogP contribution is -2.44. The van der Waals surface area contributed by atoms with Crippen molar-refractivity contribution in [1.82, 2.24) is 10.2 Å². The van der Waals surface area contributed by atoms with E-state index in [-0.39, 0.29) is 11.9 Å². The first-order valence-electron chi connectivity index (χ1n) is 5.69. The Morgan fingerprint density at radius 3 is 2.59 bits per heavy atom. The van der Waals surface area contributed by atoms with Crippen LogP contribution in [0.25, 0.3) is 0 Å². The fraction of sp³-hybridized carbons (Fsp3) is 0.500. The first kappa shape index (κ1) is 13.1. The summed E-state index contributed by atoms with van der Waals surface area (Å²) in [6, 6.07) is 2.82. The molecule has 1 aromatic rings. The van der Waals surface area contributed by atoms with E-state index >= 15 is 0 Å². The topological polar surface area (TPSA) is 15.3 Å². The Kier molecular flexibility index (Phi) is 4.26. The molecule has 0 spiro atoms. The van der Waals surface area contributed by atoms with Crippen LogP contribution in [0.5, 0.6) is 0 Å². The highest BCUT2D eigenvalue weighted by Gasteiger charge is 2.23. The number of nitrogens with one attached hydrogen (secondary N) is 1. The zero-order chi connectivity index (χ0) is 12.4. The van der Waals surface area contributed by atoms with Gasteiger partial charge in [0.25, 0.3) is 0 Å². The average Bonchev–Trinajstić information content (AvgIpc) is 2.35. The summed E-state index contributed by atoms with van der Waals surface area (Å²) < 4.78 is 13.9. The monoisotopic (exact) mass is 276 g/mol. The molecule has 1 aliphatic heterocycles. The first-order valence-corrected chi connectivity index (χ1v) is 6.45. The second kappa shape index (κ2) is 5.53. The molecule has 0 unspecified atom stereocenters. The molecule has 0 saturated carbocycles. The fourth-order valence-corrected chi connectivity index (χ4v) is 2.65. The molecule has 0 aliphatic carbocycles. The molecule has 0 amide bonds. The maximum absolute atomic E-state index is 13.9. The lowest BCUT2D eigenvalue weighted by atomic mass is 10.1. The van der Waals surface area contributed by atoms with Crippen LogP contribution in [0.2, 0.25) is 10.0 Å². The summed E-state index contributed by atoms with van der Waals surface area (Å²) in [6.45, 7) is 5.59. The molecular formula is C12H15Cl2FN2. The van der Waals surface area contributed by atoms with Crippen molar-refractivity contribution in [3.63, 3.8) is 0 Å². The normalized spacial score (nSPS) is 19.3. The van der Waals surface area contributed by atoms with Crippen molar-refractivity contribution < 1.29 is 4.39 Å². The minimum Gasteiger partial charge on any atom is -0.314 e. The lowest BCUT2D eigenvalue weighted by molar-refractivity contribution is 0.182. The van der Waals surface area contributed by atoms with E-state index in [1.165, 1.54) is 12.1 Å². The summed E-state index contributed by atoms with van der Waals surface area (Å²) in [5.74, 6) is -0.287. The second-order valence-electron chi connectivity index (χ2n) is 4.22. The third-order valence-corrected chi connectivity index (χ3v) is 4.02. The van der Waals surface area contributed by atoms with Crippen molar-refractivity contribution in [3.05, 3.63) is 33.6 Å². The molecule has 5 heteroatoms. The van der Waals surface area contributed by atoms with E-state index in [1.54, 1.807) is 0 Å². The second-order valence-corrected chi connectivity index (χ2v) is 5.00. The number of benzene rings is 1. The molecule has 1 atom stereocenters. The van der Waals surface area contributed by atoms with Crippen LogP contribution in [-0.4, -0.2) is 31.1 Å². The highest BCUT2D eigenvalue weighted by molar-refractivity contribution is 6.42. The van der Waals surface area contributed by atoms with Gasteiger partial charge in [-0.15, -0.1) is 0 Å². The van der Waals surface area contributed by atoms with Gasteiger partial charge >= 0.3 is 0 Å². The third-order valence-electron chi connectivity index (χ3n) is 3.20. The Hall–Kier alpha value is -0.350. The van der Waals surface area contributed by atoms with Crippen LogP contribution >= 0.6 is 23.2 Å². The van der Waals surface area contributed by atoms with Crippen LogP contribution in [0, 0.1) is 5.82 Å². The standard InChI is InChI=1S/C12H15Cl2FN2/c1-8(17-6-4-16-5-7-17)11-10(15)3-2-9(13)12(11)14/h2-3,8,16H,4-7H2,1H3/t8-/m1/s1. The summed E-state index contributed by atoms with van der Waals surface area (Å²) in [6.07, 6.45) is 0. The van der Waals surface area contributed by atoms with Crippen molar-refractivity contribution in [1.29, 1.82) is 0 Å². The predicted molar refractivity (Wildman–Crippen MR) is 69.3 cm³/mol. The van der Waals surface area contributed by atoms with Gasteiger partial charge in [-0.3, -0.25) is 4.90 Å². The molecule has 17 heavy (non-hydrogen) atoms. The summed E-state index contributed by atoms with van der Waals surface area (Å²) in [4.78, 5) is 2.21.